The summed E-state index contributed by atoms with van der Waals surface area (Å²) >= 11 is 0. The van der Waals surface area contributed by atoms with Crippen molar-refractivity contribution in [3.63, 3.8) is 0 Å². The fraction of sp³-hybridized carbons (Fsp3) is 0.571. The highest BCUT2D eigenvalue weighted by molar-refractivity contribution is 5.49. The van der Waals surface area contributed by atoms with Gasteiger partial charge in [-0.2, -0.15) is 0 Å². The molecule has 0 bridgehead atoms. The Kier molecular flexibility index (Phi) is 3.24. The van der Waals surface area contributed by atoms with Crippen LogP contribution in [-0.4, -0.2) is 47.9 Å². The van der Waals surface area contributed by atoms with Crippen molar-refractivity contribution in [2.24, 2.45) is 0 Å². The van der Waals surface area contributed by atoms with Gasteiger partial charge in [-0.05, 0) is 25.5 Å². The Morgan fingerprint density at radius 1 is 1.26 bits per heavy atom. The minimum Gasteiger partial charge on any atom is -0.304 e. The molecule has 1 aromatic rings. The minimum absolute atomic E-state index is 0.245. The Morgan fingerprint density at radius 3 is 2.68 bits per heavy atom. The first-order chi connectivity index (χ1) is 9.16. The van der Waals surface area contributed by atoms with E-state index in [-0.39, 0.29) is 4.92 Å². The number of nitro groups is 1. The van der Waals surface area contributed by atoms with E-state index in [0.29, 0.717) is 11.7 Å². The van der Waals surface area contributed by atoms with E-state index >= 15 is 0 Å². The number of benzene rings is 1. The number of piperazine rings is 1. The molecule has 1 aliphatic carbocycles. The summed E-state index contributed by atoms with van der Waals surface area (Å²) < 4.78 is 0. The maximum atomic E-state index is 11.1. The zero-order valence-electron chi connectivity index (χ0n) is 11.2. The van der Waals surface area contributed by atoms with E-state index in [0.717, 1.165) is 44.6 Å². The molecule has 0 saturated carbocycles. The highest BCUT2D eigenvalue weighted by Gasteiger charge is 2.33. The second-order valence-corrected chi connectivity index (χ2v) is 5.50. The van der Waals surface area contributed by atoms with E-state index in [2.05, 4.69) is 22.9 Å². The third-order valence-electron chi connectivity index (χ3n) is 4.39. The van der Waals surface area contributed by atoms with Crippen molar-refractivity contribution in [3.8, 4) is 0 Å². The number of nitrogens with zero attached hydrogens (tertiary/aromatic N) is 3. The van der Waals surface area contributed by atoms with Crippen LogP contribution in [0.1, 0.15) is 23.6 Å². The molecule has 0 amide bonds. The lowest BCUT2D eigenvalue weighted by Crippen LogP contribution is -2.45. The van der Waals surface area contributed by atoms with Gasteiger partial charge in [0.1, 0.15) is 0 Å². The van der Waals surface area contributed by atoms with Crippen molar-refractivity contribution in [1.29, 1.82) is 0 Å². The average Bonchev–Trinajstić information content (AvgIpc) is 2.83. The van der Waals surface area contributed by atoms with Crippen LogP contribution in [0.3, 0.4) is 0 Å². The number of fused-ring (bicyclic) bond motifs is 1. The molecule has 5 nitrogen and oxygen atoms in total. The summed E-state index contributed by atoms with van der Waals surface area (Å²) in [5.41, 5.74) is 2.43. The van der Waals surface area contributed by atoms with Gasteiger partial charge in [-0.1, -0.05) is 12.1 Å². The van der Waals surface area contributed by atoms with Gasteiger partial charge in [-0.25, -0.2) is 0 Å². The molecule has 1 heterocycles. The van der Waals surface area contributed by atoms with Crippen molar-refractivity contribution in [1.82, 2.24) is 9.80 Å². The second kappa shape index (κ2) is 4.90. The highest BCUT2D eigenvalue weighted by atomic mass is 16.6. The fourth-order valence-electron chi connectivity index (χ4n) is 3.30. The summed E-state index contributed by atoms with van der Waals surface area (Å²) in [6.45, 7) is 4.29. The lowest BCUT2D eigenvalue weighted by molar-refractivity contribution is -0.385. The molecular weight excluding hydrogens is 242 g/mol. The van der Waals surface area contributed by atoms with Gasteiger partial charge in [0.05, 0.1) is 4.92 Å². The summed E-state index contributed by atoms with van der Waals surface area (Å²) in [6, 6.07) is 5.90. The molecule has 1 unspecified atom stereocenters. The normalized spacial score (nSPS) is 24.4. The quantitative estimate of drug-likeness (QED) is 0.602. The first-order valence-electron chi connectivity index (χ1n) is 6.85. The van der Waals surface area contributed by atoms with Gasteiger partial charge in [0.2, 0.25) is 0 Å². The van der Waals surface area contributed by atoms with E-state index in [1.807, 2.05) is 6.07 Å². The smallest absolute Gasteiger partial charge is 0.272 e. The van der Waals surface area contributed by atoms with Crippen LogP contribution in [0, 0.1) is 10.1 Å². The van der Waals surface area contributed by atoms with Crippen LogP contribution in [0.15, 0.2) is 18.2 Å². The van der Waals surface area contributed by atoms with Gasteiger partial charge in [0.25, 0.3) is 5.69 Å². The van der Waals surface area contributed by atoms with Crippen molar-refractivity contribution in [2.75, 3.05) is 33.2 Å². The van der Waals surface area contributed by atoms with Gasteiger partial charge in [-0.15, -0.1) is 0 Å². The third kappa shape index (κ3) is 2.24. The molecule has 1 aromatic carbocycles. The molecule has 1 atom stereocenters. The largest absolute Gasteiger partial charge is 0.304 e. The first kappa shape index (κ1) is 12.6. The van der Waals surface area contributed by atoms with E-state index in [1.165, 1.54) is 5.56 Å². The van der Waals surface area contributed by atoms with Crippen molar-refractivity contribution < 1.29 is 4.92 Å². The summed E-state index contributed by atoms with van der Waals surface area (Å²) in [6.07, 6.45) is 1.85. The molecule has 19 heavy (non-hydrogen) atoms. The average molecular weight is 261 g/mol. The van der Waals surface area contributed by atoms with Crippen molar-refractivity contribution in [2.45, 2.75) is 18.9 Å². The molecule has 0 N–H and O–H groups in total. The van der Waals surface area contributed by atoms with Crippen LogP contribution >= 0.6 is 0 Å². The fourth-order valence-corrected chi connectivity index (χ4v) is 3.30. The molecule has 3 rings (SSSR count). The van der Waals surface area contributed by atoms with E-state index in [4.69, 9.17) is 0 Å². The zero-order chi connectivity index (χ0) is 13.4. The Morgan fingerprint density at radius 2 is 2.00 bits per heavy atom. The van der Waals surface area contributed by atoms with Gasteiger partial charge < -0.3 is 4.90 Å². The molecule has 1 aliphatic heterocycles. The standard InChI is InChI=1S/C14H19N3O2/c1-15-7-9-16(10-8-15)13-6-5-12-11(13)3-2-4-14(12)17(18)19/h2-4,13H,5-10H2,1H3. The van der Waals surface area contributed by atoms with Crippen LogP contribution in [0.25, 0.3) is 0 Å². The van der Waals surface area contributed by atoms with Crippen LogP contribution in [0.2, 0.25) is 0 Å². The van der Waals surface area contributed by atoms with Crippen LogP contribution in [0.5, 0.6) is 0 Å². The number of nitro benzene ring substituents is 1. The Balaban J connectivity index is 1.86. The van der Waals surface area contributed by atoms with Gasteiger partial charge in [0, 0.05) is 43.9 Å². The predicted octanol–water partition coefficient (Wildman–Crippen LogP) is 1.83. The van der Waals surface area contributed by atoms with Gasteiger partial charge in [0.15, 0.2) is 0 Å². The molecule has 0 aromatic heterocycles. The maximum absolute atomic E-state index is 11.1. The zero-order valence-corrected chi connectivity index (χ0v) is 11.2. The Bertz CT molecular complexity index is 495. The lowest BCUT2D eigenvalue weighted by atomic mass is 10.0. The summed E-state index contributed by atoms with van der Waals surface area (Å²) in [7, 11) is 2.14. The summed E-state index contributed by atoms with van der Waals surface area (Å²) in [5.74, 6) is 0. The summed E-state index contributed by atoms with van der Waals surface area (Å²) in [5, 5.41) is 11.1. The molecular formula is C14H19N3O2. The molecule has 0 radical (unpaired) electrons. The molecule has 1 saturated heterocycles. The van der Waals surface area contributed by atoms with Crippen LogP contribution in [-0.2, 0) is 6.42 Å². The highest BCUT2D eigenvalue weighted by Crippen LogP contribution is 2.40. The SMILES string of the molecule is CN1CCN(C2CCc3c2cccc3[N+](=O)[O-])CC1. The third-order valence-corrected chi connectivity index (χ3v) is 4.39. The van der Waals surface area contributed by atoms with Crippen molar-refractivity contribution in [3.05, 3.63) is 39.4 Å². The number of hydrogen-bond donors (Lipinski definition) is 0. The molecule has 5 heteroatoms. The summed E-state index contributed by atoms with van der Waals surface area (Å²) in [4.78, 5) is 15.6. The van der Waals surface area contributed by atoms with Gasteiger partial charge in [-0.3, -0.25) is 15.0 Å². The lowest BCUT2D eigenvalue weighted by Gasteiger charge is -2.36. The Labute approximate surface area is 113 Å². The van der Waals surface area contributed by atoms with Gasteiger partial charge >= 0.3 is 0 Å². The number of rotatable bonds is 2. The molecule has 1 fully saturated rings. The Hall–Kier alpha value is -1.46. The van der Waals surface area contributed by atoms with E-state index in [1.54, 1.807) is 6.07 Å². The molecule has 2 aliphatic rings. The van der Waals surface area contributed by atoms with E-state index in [9.17, 15) is 10.1 Å². The van der Waals surface area contributed by atoms with Crippen LogP contribution < -0.4 is 0 Å². The first-order valence-corrected chi connectivity index (χ1v) is 6.85. The monoisotopic (exact) mass is 261 g/mol. The predicted molar refractivity (Wildman–Crippen MR) is 73.2 cm³/mol. The second-order valence-electron chi connectivity index (χ2n) is 5.50. The topological polar surface area (TPSA) is 49.6 Å². The maximum Gasteiger partial charge on any atom is 0.272 e. The number of hydrogen-bond acceptors (Lipinski definition) is 4. The van der Waals surface area contributed by atoms with Crippen LogP contribution in [0.4, 0.5) is 5.69 Å². The molecule has 0 spiro atoms. The number of likely N-dealkylation sites (N-methyl/N-ethyl adjacent to an activating group) is 1. The van der Waals surface area contributed by atoms with E-state index < -0.39 is 0 Å². The molecule has 102 valence electrons. The van der Waals surface area contributed by atoms with Crippen molar-refractivity contribution >= 4 is 5.69 Å². The minimum atomic E-state index is -0.245.